The van der Waals surface area contributed by atoms with E-state index in [0.29, 0.717) is 4.90 Å². The van der Waals surface area contributed by atoms with Crippen molar-refractivity contribution in [3.63, 3.8) is 0 Å². The first-order valence-corrected chi connectivity index (χ1v) is 11.1. The second-order valence-electron chi connectivity index (χ2n) is 7.64. The molecule has 2 aliphatic rings. The van der Waals surface area contributed by atoms with Crippen LogP contribution in [0.15, 0.2) is 76.5 Å². The van der Waals surface area contributed by atoms with E-state index >= 15 is 0 Å². The molecular formula is C23H26N2O2S. The Labute approximate surface area is 167 Å². The summed E-state index contributed by atoms with van der Waals surface area (Å²) < 4.78 is 27.9. The number of benzene rings is 2. The number of allylic oxidation sites excluding steroid dienone is 2. The van der Waals surface area contributed by atoms with Crippen molar-refractivity contribution in [1.82, 2.24) is 4.31 Å². The van der Waals surface area contributed by atoms with E-state index in [1.165, 1.54) is 15.6 Å². The van der Waals surface area contributed by atoms with Crippen LogP contribution in [0.2, 0.25) is 0 Å². The highest BCUT2D eigenvalue weighted by Gasteiger charge is 2.30. The molecule has 0 bridgehead atoms. The Morgan fingerprint density at radius 2 is 1.68 bits per heavy atom. The first kappa shape index (κ1) is 18.8. The first-order chi connectivity index (χ1) is 13.4. The fourth-order valence-electron chi connectivity index (χ4n) is 4.10. The van der Waals surface area contributed by atoms with Crippen molar-refractivity contribution in [1.29, 1.82) is 0 Å². The van der Waals surface area contributed by atoms with Crippen LogP contribution in [0.5, 0.6) is 0 Å². The highest BCUT2D eigenvalue weighted by molar-refractivity contribution is 7.89. The summed E-state index contributed by atoms with van der Waals surface area (Å²) in [5, 5.41) is 0. The molecule has 1 aliphatic heterocycles. The molecule has 146 valence electrons. The van der Waals surface area contributed by atoms with Gasteiger partial charge in [-0.05, 0) is 68.0 Å². The monoisotopic (exact) mass is 394 g/mol. The first-order valence-electron chi connectivity index (χ1n) is 9.69. The Balaban J connectivity index is 1.68. The van der Waals surface area contributed by atoms with Gasteiger partial charge in [-0.1, -0.05) is 35.9 Å². The van der Waals surface area contributed by atoms with E-state index in [4.69, 9.17) is 0 Å². The number of hydrogen-bond donors (Lipinski definition) is 0. The van der Waals surface area contributed by atoms with E-state index in [1.807, 2.05) is 26.0 Å². The molecule has 5 heteroatoms. The molecule has 0 saturated heterocycles. The Hall–Kier alpha value is -2.53. The van der Waals surface area contributed by atoms with Crippen molar-refractivity contribution in [3.05, 3.63) is 82.7 Å². The van der Waals surface area contributed by atoms with Gasteiger partial charge in [-0.15, -0.1) is 0 Å². The summed E-state index contributed by atoms with van der Waals surface area (Å²) in [6.45, 7) is 4.93. The van der Waals surface area contributed by atoms with E-state index in [1.54, 1.807) is 19.2 Å². The van der Waals surface area contributed by atoms with Crippen LogP contribution in [0.4, 0.5) is 5.69 Å². The smallest absolute Gasteiger partial charge is 0.264 e. The number of fused-ring (bicyclic) bond motifs is 1. The molecule has 0 unspecified atom stereocenters. The van der Waals surface area contributed by atoms with Crippen molar-refractivity contribution in [2.24, 2.45) is 0 Å². The van der Waals surface area contributed by atoms with Gasteiger partial charge in [0, 0.05) is 25.5 Å². The Kier molecular flexibility index (Phi) is 4.79. The lowest BCUT2D eigenvalue weighted by Gasteiger charge is -2.24. The van der Waals surface area contributed by atoms with Crippen molar-refractivity contribution in [2.75, 3.05) is 18.5 Å². The molecule has 1 aliphatic carbocycles. The molecule has 0 atom stereocenters. The van der Waals surface area contributed by atoms with Gasteiger partial charge in [0.05, 0.1) is 10.6 Å². The molecule has 2 aromatic carbocycles. The topological polar surface area (TPSA) is 40.6 Å². The SMILES string of the molecule is CC1=C(N(C)S(=O)(=O)c2ccc(C)cc2)/C(=C/N2CCc3ccccc32)CC1. The minimum Gasteiger partial charge on any atom is -0.347 e. The number of anilines is 1. The largest absolute Gasteiger partial charge is 0.347 e. The maximum absolute atomic E-state index is 13.2. The van der Waals surface area contributed by atoms with Gasteiger partial charge in [-0.2, -0.15) is 0 Å². The predicted octanol–water partition coefficient (Wildman–Crippen LogP) is 4.63. The highest BCUT2D eigenvalue weighted by atomic mass is 32.2. The number of para-hydroxylation sites is 1. The predicted molar refractivity (Wildman–Crippen MR) is 114 cm³/mol. The molecule has 0 N–H and O–H groups in total. The summed E-state index contributed by atoms with van der Waals surface area (Å²) in [5.41, 5.74) is 6.67. The maximum atomic E-state index is 13.2. The summed E-state index contributed by atoms with van der Waals surface area (Å²) in [4.78, 5) is 2.59. The van der Waals surface area contributed by atoms with Gasteiger partial charge < -0.3 is 4.90 Å². The second kappa shape index (κ2) is 7.13. The van der Waals surface area contributed by atoms with Crippen LogP contribution in [0, 0.1) is 6.92 Å². The standard InChI is InChI=1S/C23H26N2O2S/c1-17-8-12-21(13-9-17)28(26,27)24(3)23-18(2)10-11-20(23)16-25-15-14-19-6-4-5-7-22(19)25/h4-9,12-13,16H,10-11,14-15H2,1-3H3/b20-16+. The van der Waals surface area contributed by atoms with Crippen LogP contribution in [-0.2, 0) is 16.4 Å². The average Bonchev–Trinajstić information content (AvgIpc) is 3.25. The van der Waals surface area contributed by atoms with Gasteiger partial charge >= 0.3 is 0 Å². The van der Waals surface area contributed by atoms with E-state index < -0.39 is 10.0 Å². The minimum atomic E-state index is -3.58. The summed E-state index contributed by atoms with van der Waals surface area (Å²) in [6, 6.07) is 15.5. The average molecular weight is 395 g/mol. The summed E-state index contributed by atoms with van der Waals surface area (Å²) in [7, 11) is -1.91. The maximum Gasteiger partial charge on any atom is 0.264 e. The number of sulfonamides is 1. The van der Waals surface area contributed by atoms with Crippen molar-refractivity contribution in [2.45, 2.75) is 38.0 Å². The quantitative estimate of drug-likeness (QED) is 0.759. The third-order valence-electron chi connectivity index (χ3n) is 5.71. The zero-order valence-electron chi connectivity index (χ0n) is 16.6. The van der Waals surface area contributed by atoms with Crippen LogP contribution in [0.1, 0.15) is 30.9 Å². The van der Waals surface area contributed by atoms with E-state index in [0.717, 1.165) is 48.2 Å². The summed E-state index contributed by atoms with van der Waals surface area (Å²) in [6.07, 6.45) is 4.94. The number of hydrogen-bond acceptors (Lipinski definition) is 3. The van der Waals surface area contributed by atoms with Gasteiger partial charge in [0.2, 0.25) is 0 Å². The van der Waals surface area contributed by atoms with Crippen LogP contribution in [-0.4, -0.2) is 26.3 Å². The fourth-order valence-corrected chi connectivity index (χ4v) is 5.41. The van der Waals surface area contributed by atoms with Crippen molar-refractivity contribution < 1.29 is 8.42 Å². The number of aryl methyl sites for hydroxylation is 1. The molecule has 0 fully saturated rings. The molecular weight excluding hydrogens is 368 g/mol. The lowest BCUT2D eigenvalue weighted by molar-refractivity contribution is 0.525. The van der Waals surface area contributed by atoms with Gasteiger partial charge in [0.1, 0.15) is 0 Å². The third kappa shape index (κ3) is 3.24. The molecule has 4 rings (SSSR count). The molecule has 4 nitrogen and oxygen atoms in total. The third-order valence-corrected chi connectivity index (χ3v) is 7.48. The number of rotatable bonds is 4. The van der Waals surface area contributed by atoms with E-state index in [2.05, 4.69) is 35.4 Å². The van der Waals surface area contributed by atoms with E-state index in [-0.39, 0.29) is 0 Å². The molecule has 28 heavy (non-hydrogen) atoms. The Morgan fingerprint density at radius 3 is 2.43 bits per heavy atom. The molecule has 1 heterocycles. The zero-order valence-corrected chi connectivity index (χ0v) is 17.5. The molecule has 0 saturated carbocycles. The van der Waals surface area contributed by atoms with Crippen LogP contribution >= 0.6 is 0 Å². The number of likely N-dealkylation sites (N-methyl/N-ethyl adjacent to an activating group) is 1. The fraction of sp³-hybridized carbons (Fsp3) is 0.304. The molecule has 0 radical (unpaired) electrons. The Morgan fingerprint density at radius 1 is 0.964 bits per heavy atom. The molecule has 2 aromatic rings. The molecule has 0 aromatic heterocycles. The molecule has 0 amide bonds. The van der Waals surface area contributed by atoms with Crippen molar-refractivity contribution >= 4 is 15.7 Å². The second-order valence-corrected chi connectivity index (χ2v) is 9.61. The molecule has 0 spiro atoms. The summed E-state index contributed by atoms with van der Waals surface area (Å²) in [5.74, 6) is 0. The van der Waals surface area contributed by atoms with Gasteiger partial charge in [-0.3, -0.25) is 4.31 Å². The van der Waals surface area contributed by atoms with Crippen LogP contribution in [0.25, 0.3) is 0 Å². The van der Waals surface area contributed by atoms with Gasteiger partial charge in [0.25, 0.3) is 10.0 Å². The number of nitrogens with zero attached hydrogens (tertiary/aromatic N) is 2. The lowest BCUT2D eigenvalue weighted by Crippen LogP contribution is -2.27. The Bertz CT molecular complexity index is 1070. The highest BCUT2D eigenvalue weighted by Crippen LogP contribution is 2.37. The summed E-state index contributed by atoms with van der Waals surface area (Å²) >= 11 is 0. The van der Waals surface area contributed by atoms with E-state index in [9.17, 15) is 8.42 Å². The lowest BCUT2D eigenvalue weighted by atomic mass is 10.2. The van der Waals surface area contributed by atoms with Gasteiger partial charge in [0.15, 0.2) is 0 Å². The normalized spacial score (nSPS) is 18.1. The van der Waals surface area contributed by atoms with Gasteiger partial charge in [-0.25, -0.2) is 8.42 Å². The van der Waals surface area contributed by atoms with Crippen LogP contribution < -0.4 is 4.90 Å². The van der Waals surface area contributed by atoms with Crippen molar-refractivity contribution in [3.8, 4) is 0 Å². The minimum absolute atomic E-state index is 0.332. The zero-order chi connectivity index (χ0) is 19.9. The van der Waals surface area contributed by atoms with Crippen LogP contribution in [0.3, 0.4) is 0 Å².